The molecular formula is C13H26N2O2S. The molecule has 0 aromatic carbocycles. The van der Waals surface area contributed by atoms with Gasteiger partial charge in [-0.3, -0.25) is 4.79 Å². The van der Waals surface area contributed by atoms with Gasteiger partial charge in [-0.15, -0.1) is 0 Å². The Bertz CT molecular complexity index is 233. The molecule has 1 saturated heterocycles. The van der Waals surface area contributed by atoms with Gasteiger partial charge in [-0.25, -0.2) is 0 Å². The van der Waals surface area contributed by atoms with Gasteiger partial charge in [-0.1, -0.05) is 19.8 Å². The molecule has 0 aromatic rings. The largest absolute Gasteiger partial charge is 0.468 e. The topological polar surface area (TPSA) is 41.6 Å². The van der Waals surface area contributed by atoms with Crippen molar-refractivity contribution in [2.75, 3.05) is 44.8 Å². The van der Waals surface area contributed by atoms with Crippen LogP contribution in [0.15, 0.2) is 0 Å². The number of nitrogens with one attached hydrogen (secondary N) is 1. The van der Waals surface area contributed by atoms with Gasteiger partial charge in [0.05, 0.1) is 7.11 Å². The predicted molar refractivity (Wildman–Crippen MR) is 77.1 cm³/mol. The van der Waals surface area contributed by atoms with Gasteiger partial charge in [0.1, 0.15) is 6.04 Å². The molecule has 0 aliphatic carbocycles. The summed E-state index contributed by atoms with van der Waals surface area (Å²) in [6.07, 6.45) is 3.05. The van der Waals surface area contributed by atoms with Gasteiger partial charge < -0.3 is 15.0 Å². The van der Waals surface area contributed by atoms with Crippen LogP contribution in [-0.2, 0) is 9.53 Å². The van der Waals surface area contributed by atoms with E-state index in [2.05, 4.69) is 17.1 Å². The average Bonchev–Trinajstić information content (AvgIpc) is 2.43. The molecule has 0 spiro atoms. The molecule has 0 radical (unpaired) electrons. The lowest BCUT2D eigenvalue weighted by atomic mass is 10.1. The van der Waals surface area contributed by atoms with Gasteiger partial charge in [0, 0.05) is 37.7 Å². The number of carbonyl (C=O) groups is 1. The van der Waals surface area contributed by atoms with Gasteiger partial charge in [-0.05, 0) is 6.42 Å². The molecule has 1 aliphatic heterocycles. The number of rotatable bonds is 8. The van der Waals surface area contributed by atoms with Crippen LogP contribution in [-0.4, -0.2) is 61.7 Å². The Morgan fingerprint density at radius 1 is 1.44 bits per heavy atom. The van der Waals surface area contributed by atoms with Crippen LogP contribution in [0.5, 0.6) is 0 Å². The fraction of sp³-hybridized carbons (Fsp3) is 0.923. The molecule has 106 valence electrons. The van der Waals surface area contributed by atoms with Crippen LogP contribution >= 0.6 is 11.8 Å². The number of unbranched alkanes of at least 4 members (excludes halogenated alkanes) is 1. The summed E-state index contributed by atoms with van der Waals surface area (Å²) in [6, 6.07) is -0.130. The molecule has 1 rings (SSSR count). The molecule has 18 heavy (non-hydrogen) atoms. The summed E-state index contributed by atoms with van der Waals surface area (Å²) in [5, 5.41) is 3.33. The molecule has 1 atom stereocenters. The Morgan fingerprint density at radius 3 is 2.78 bits per heavy atom. The molecule has 0 aromatic heterocycles. The van der Waals surface area contributed by atoms with Crippen molar-refractivity contribution in [1.82, 2.24) is 10.2 Å². The molecule has 5 heteroatoms. The maximum absolute atomic E-state index is 11.6. The van der Waals surface area contributed by atoms with Crippen molar-refractivity contribution in [3.63, 3.8) is 0 Å². The van der Waals surface area contributed by atoms with E-state index in [-0.39, 0.29) is 12.0 Å². The highest BCUT2D eigenvalue weighted by molar-refractivity contribution is 7.99. The molecule has 1 heterocycles. The second-order valence-electron chi connectivity index (χ2n) is 4.63. The molecule has 4 nitrogen and oxygen atoms in total. The van der Waals surface area contributed by atoms with Crippen LogP contribution in [0.25, 0.3) is 0 Å². The summed E-state index contributed by atoms with van der Waals surface area (Å²) in [7, 11) is 1.46. The Morgan fingerprint density at radius 2 is 2.17 bits per heavy atom. The number of hydrogen-bond donors (Lipinski definition) is 1. The smallest absolute Gasteiger partial charge is 0.322 e. The van der Waals surface area contributed by atoms with Crippen molar-refractivity contribution in [1.29, 1.82) is 0 Å². The van der Waals surface area contributed by atoms with Crippen molar-refractivity contribution >= 4 is 17.7 Å². The maximum Gasteiger partial charge on any atom is 0.322 e. The predicted octanol–water partition coefficient (Wildman–Crippen LogP) is 1.36. The lowest BCUT2D eigenvalue weighted by molar-refractivity contribution is -0.143. The molecule has 1 unspecified atom stereocenters. The molecule has 0 saturated carbocycles. The lowest BCUT2D eigenvalue weighted by Gasteiger charge is -2.27. The number of carbonyl (C=O) groups excluding carboxylic acids is 1. The number of ether oxygens (including phenoxy) is 1. The Hall–Kier alpha value is -0.260. The SMILES string of the molecule is CCCCC(NCCN1CCSCC1)C(=O)OC. The monoisotopic (exact) mass is 274 g/mol. The highest BCUT2D eigenvalue weighted by Crippen LogP contribution is 2.08. The van der Waals surface area contributed by atoms with E-state index in [1.54, 1.807) is 0 Å². The van der Waals surface area contributed by atoms with Gasteiger partial charge in [0.15, 0.2) is 0 Å². The van der Waals surface area contributed by atoms with Crippen molar-refractivity contribution in [2.24, 2.45) is 0 Å². The van der Waals surface area contributed by atoms with Gasteiger partial charge in [0.2, 0.25) is 0 Å². The normalized spacial score (nSPS) is 18.6. The fourth-order valence-electron chi connectivity index (χ4n) is 2.08. The van der Waals surface area contributed by atoms with Gasteiger partial charge in [-0.2, -0.15) is 11.8 Å². The van der Waals surface area contributed by atoms with E-state index in [1.165, 1.54) is 31.7 Å². The minimum absolute atomic E-state index is 0.127. The molecule has 1 N–H and O–H groups in total. The Kier molecular flexibility index (Phi) is 8.46. The summed E-state index contributed by atoms with van der Waals surface area (Å²) in [5.41, 5.74) is 0. The number of hydrogen-bond acceptors (Lipinski definition) is 5. The van der Waals surface area contributed by atoms with Crippen molar-refractivity contribution in [3.8, 4) is 0 Å². The van der Waals surface area contributed by atoms with Crippen LogP contribution in [0.1, 0.15) is 26.2 Å². The molecule has 1 aliphatic rings. The molecule has 0 amide bonds. The number of esters is 1. The standard InChI is InChI=1S/C13H26N2O2S/c1-3-4-5-12(13(16)17-2)14-6-7-15-8-10-18-11-9-15/h12,14H,3-11H2,1-2H3. The fourth-order valence-corrected chi connectivity index (χ4v) is 3.05. The quantitative estimate of drug-likeness (QED) is 0.677. The number of nitrogens with zero attached hydrogens (tertiary/aromatic N) is 1. The van der Waals surface area contributed by atoms with E-state index in [0.29, 0.717) is 0 Å². The second-order valence-corrected chi connectivity index (χ2v) is 5.85. The van der Waals surface area contributed by atoms with E-state index in [0.717, 1.165) is 32.4 Å². The zero-order valence-electron chi connectivity index (χ0n) is 11.6. The lowest BCUT2D eigenvalue weighted by Crippen LogP contribution is -2.43. The summed E-state index contributed by atoms with van der Waals surface area (Å²) in [5.74, 6) is 2.34. The first-order valence-corrected chi connectivity index (χ1v) is 8.04. The van der Waals surface area contributed by atoms with E-state index < -0.39 is 0 Å². The van der Waals surface area contributed by atoms with Crippen LogP contribution in [0, 0.1) is 0 Å². The third-order valence-corrected chi connectivity index (χ3v) is 4.20. The number of methoxy groups -OCH3 is 1. The Balaban J connectivity index is 2.20. The van der Waals surface area contributed by atoms with Gasteiger partial charge in [0.25, 0.3) is 0 Å². The van der Waals surface area contributed by atoms with Crippen molar-refractivity contribution in [3.05, 3.63) is 0 Å². The van der Waals surface area contributed by atoms with E-state index in [9.17, 15) is 4.79 Å². The minimum Gasteiger partial charge on any atom is -0.468 e. The van der Waals surface area contributed by atoms with Crippen LogP contribution < -0.4 is 5.32 Å². The summed E-state index contributed by atoms with van der Waals surface area (Å²) in [4.78, 5) is 14.1. The van der Waals surface area contributed by atoms with Crippen LogP contribution in [0.4, 0.5) is 0 Å². The molecule has 0 bridgehead atoms. The van der Waals surface area contributed by atoms with E-state index in [1.807, 2.05) is 11.8 Å². The zero-order valence-corrected chi connectivity index (χ0v) is 12.4. The van der Waals surface area contributed by atoms with Gasteiger partial charge >= 0.3 is 5.97 Å². The van der Waals surface area contributed by atoms with Crippen LogP contribution in [0.3, 0.4) is 0 Å². The van der Waals surface area contributed by atoms with Crippen molar-refractivity contribution in [2.45, 2.75) is 32.2 Å². The molecule has 1 fully saturated rings. The van der Waals surface area contributed by atoms with Crippen LogP contribution in [0.2, 0.25) is 0 Å². The Labute approximate surface area is 115 Å². The average molecular weight is 274 g/mol. The van der Waals surface area contributed by atoms with Crippen molar-refractivity contribution < 1.29 is 9.53 Å². The first-order valence-electron chi connectivity index (χ1n) is 6.89. The molecular weight excluding hydrogens is 248 g/mol. The second kappa shape index (κ2) is 9.64. The first kappa shape index (κ1) is 15.8. The summed E-state index contributed by atoms with van der Waals surface area (Å²) in [6.45, 7) is 6.38. The maximum atomic E-state index is 11.6. The first-order chi connectivity index (χ1) is 8.77. The third kappa shape index (κ3) is 6.07. The zero-order chi connectivity index (χ0) is 13.2. The number of thioether (sulfide) groups is 1. The van der Waals surface area contributed by atoms with E-state index >= 15 is 0 Å². The minimum atomic E-state index is -0.130. The summed E-state index contributed by atoms with van der Waals surface area (Å²) >= 11 is 2.02. The highest BCUT2D eigenvalue weighted by Gasteiger charge is 2.18. The highest BCUT2D eigenvalue weighted by atomic mass is 32.2. The third-order valence-electron chi connectivity index (χ3n) is 3.25. The summed E-state index contributed by atoms with van der Waals surface area (Å²) < 4.78 is 4.83. The van der Waals surface area contributed by atoms with E-state index in [4.69, 9.17) is 4.74 Å².